The second-order valence-corrected chi connectivity index (χ2v) is 9.20. The third-order valence-electron chi connectivity index (χ3n) is 5.25. The van der Waals surface area contributed by atoms with Crippen LogP contribution in [0.4, 0.5) is 0 Å². The lowest BCUT2D eigenvalue weighted by atomic mass is 9.98. The fraction of sp³-hybridized carbons (Fsp3) is 0.350. The highest BCUT2D eigenvalue weighted by molar-refractivity contribution is 7.92. The number of ether oxygens (including phenoxy) is 1. The van der Waals surface area contributed by atoms with E-state index in [2.05, 4.69) is 6.92 Å². The Balaban J connectivity index is 2.09. The van der Waals surface area contributed by atoms with Crippen LogP contribution in [-0.2, 0) is 21.0 Å². The molecule has 6 heteroatoms. The van der Waals surface area contributed by atoms with E-state index in [1.807, 2.05) is 24.3 Å². The number of nitrogens with two attached hydrogens (primary N) is 1. The molecule has 4 nitrogen and oxygen atoms in total. The summed E-state index contributed by atoms with van der Waals surface area (Å²) in [7, 11) is -2.06. The fourth-order valence-corrected chi connectivity index (χ4v) is 6.62. The quantitative estimate of drug-likeness (QED) is 0.737. The van der Waals surface area contributed by atoms with Gasteiger partial charge >= 0.3 is 0 Å². The zero-order valence-electron chi connectivity index (χ0n) is 14.9. The number of benzene rings is 2. The second kappa shape index (κ2) is 7.10. The number of hydrogen-bond donors (Lipinski definition) is 1. The first-order chi connectivity index (χ1) is 12.4. The SMILES string of the molecule is CCc1ccc([C@H]2[C@H](S(=O)(=O)c3ccccc3)[C@@]2(COC)C(N)=S)cc1. The summed E-state index contributed by atoms with van der Waals surface area (Å²) in [6.45, 7) is 2.26. The lowest BCUT2D eigenvalue weighted by Crippen LogP contribution is -2.33. The maximum absolute atomic E-state index is 13.3. The van der Waals surface area contributed by atoms with Crippen LogP contribution in [0, 0.1) is 5.41 Å². The molecule has 0 amide bonds. The highest BCUT2D eigenvalue weighted by Crippen LogP contribution is 2.64. The summed E-state index contributed by atoms with van der Waals surface area (Å²) in [6.07, 6.45) is 0.926. The second-order valence-electron chi connectivity index (χ2n) is 6.69. The molecule has 0 spiro atoms. The number of thiocarbonyl (C=S) groups is 1. The van der Waals surface area contributed by atoms with E-state index >= 15 is 0 Å². The van der Waals surface area contributed by atoms with Gasteiger partial charge in [0.25, 0.3) is 0 Å². The van der Waals surface area contributed by atoms with Gasteiger partial charge in [-0.15, -0.1) is 0 Å². The largest absolute Gasteiger partial charge is 0.393 e. The molecule has 2 aromatic rings. The Bertz CT molecular complexity index is 894. The van der Waals surface area contributed by atoms with Crippen LogP contribution in [-0.4, -0.2) is 32.4 Å². The Morgan fingerprint density at radius 2 is 1.77 bits per heavy atom. The number of sulfone groups is 1. The van der Waals surface area contributed by atoms with Crippen LogP contribution in [0.25, 0.3) is 0 Å². The van der Waals surface area contributed by atoms with Crippen LogP contribution < -0.4 is 5.73 Å². The van der Waals surface area contributed by atoms with E-state index in [-0.39, 0.29) is 22.4 Å². The Morgan fingerprint density at radius 1 is 1.15 bits per heavy atom. The van der Waals surface area contributed by atoms with Crippen LogP contribution >= 0.6 is 12.2 Å². The zero-order valence-corrected chi connectivity index (χ0v) is 16.5. The summed E-state index contributed by atoms with van der Waals surface area (Å²) in [4.78, 5) is 0.475. The molecule has 0 heterocycles. The van der Waals surface area contributed by atoms with E-state index in [0.717, 1.165) is 12.0 Å². The molecule has 3 atom stereocenters. The van der Waals surface area contributed by atoms with Crippen molar-refractivity contribution in [2.24, 2.45) is 11.1 Å². The van der Waals surface area contributed by atoms with Gasteiger partial charge in [0, 0.05) is 13.0 Å². The average molecular weight is 390 g/mol. The van der Waals surface area contributed by atoms with Crippen molar-refractivity contribution >= 4 is 27.0 Å². The van der Waals surface area contributed by atoms with Gasteiger partial charge in [0.15, 0.2) is 9.84 Å². The summed E-state index contributed by atoms with van der Waals surface area (Å²) in [5.41, 5.74) is 7.30. The number of aryl methyl sites for hydroxylation is 1. The van der Waals surface area contributed by atoms with E-state index in [1.54, 1.807) is 37.4 Å². The summed E-state index contributed by atoms with van der Waals surface area (Å²) in [6, 6.07) is 16.5. The molecule has 0 aromatic heterocycles. The summed E-state index contributed by atoms with van der Waals surface area (Å²) in [5, 5.41) is -0.720. The van der Waals surface area contributed by atoms with Crippen molar-refractivity contribution in [2.45, 2.75) is 29.4 Å². The standard InChI is InChI=1S/C20H23NO3S2/c1-3-14-9-11-15(12-10-14)17-18(20(17,13-24-2)19(21)25)26(22,23)16-7-5-4-6-8-16/h4-12,17-18H,3,13H2,1-2H3,(H2,21,25)/t17-,18-,20-/m0/s1. The van der Waals surface area contributed by atoms with E-state index in [9.17, 15) is 8.42 Å². The summed E-state index contributed by atoms with van der Waals surface area (Å²) < 4.78 is 32.0. The normalized spacial score (nSPS) is 25.0. The molecule has 26 heavy (non-hydrogen) atoms. The van der Waals surface area contributed by atoms with Crippen molar-refractivity contribution in [3.63, 3.8) is 0 Å². The van der Waals surface area contributed by atoms with E-state index < -0.39 is 20.5 Å². The molecule has 0 bridgehead atoms. The van der Waals surface area contributed by atoms with Crippen molar-refractivity contribution in [3.05, 3.63) is 65.7 Å². The van der Waals surface area contributed by atoms with Crippen molar-refractivity contribution in [3.8, 4) is 0 Å². The minimum atomic E-state index is -3.60. The van der Waals surface area contributed by atoms with Gasteiger partial charge in [-0.25, -0.2) is 8.42 Å². The van der Waals surface area contributed by atoms with Gasteiger partial charge in [0.1, 0.15) is 0 Å². The molecular weight excluding hydrogens is 366 g/mol. The van der Waals surface area contributed by atoms with Gasteiger partial charge in [-0.3, -0.25) is 0 Å². The predicted octanol–water partition coefficient (Wildman–Crippen LogP) is 3.11. The maximum Gasteiger partial charge on any atom is 0.182 e. The van der Waals surface area contributed by atoms with E-state index in [1.165, 1.54) is 5.56 Å². The van der Waals surface area contributed by atoms with E-state index in [4.69, 9.17) is 22.7 Å². The maximum atomic E-state index is 13.3. The van der Waals surface area contributed by atoms with Gasteiger partial charge in [0.2, 0.25) is 0 Å². The smallest absolute Gasteiger partial charge is 0.182 e. The van der Waals surface area contributed by atoms with Crippen LogP contribution in [0.2, 0.25) is 0 Å². The molecule has 1 fully saturated rings. The van der Waals surface area contributed by atoms with Gasteiger partial charge in [-0.05, 0) is 29.7 Å². The van der Waals surface area contributed by atoms with Gasteiger partial charge < -0.3 is 10.5 Å². The molecule has 3 rings (SSSR count). The molecule has 2 aromatic carbocycles. The lowest BCUT2D eigenvalue weighted by molar-refractivity contribution is 0.166. The van der Waals surface area contributed by atoms with Crippen LogP contribution in [0.5, 0.6) is 0 Å². The monoisotopic (exact) mass is 389 g/mol. The third-order valence-corrected chi connectivity index (χ3v) is 7.92. The molecule has 1 saturated carbocycles. The Morgan fingerprint density at radius 3 is 2.27 bits per heavy atom. The Hall–Kier alpha value is -1.76. The molecule has 1 aliphatic rings. The minimum Gasteiger partial charge on any atom is -0.393 e. The first-order valence-corrected chi connectivity index (χ1v) is 10.5. The number of rotatable bonds is 7. The summed E-state index contributed by atoms with van der Waals surface area (Å²) in [5.74, 6) is -0.309. The number of methoxy groups -OCH3 is 1. The average Bonchev–Trinajstić information content (AvgIpc) is 3.34. The molecule has 138 valence electrons. The fourth-order valence-electron chi connectivity index (χ4n) is 3.83. The molecule has 2 N–H and O–H groups in total. The molecule has 0 radical (unpaired) electrons. The first-order valence-electron chi connectivity index (χ1n) is 8.56. The zero-order chi connectivity index (χ0) is 18.9. The van der Waals surface area contributed by atoms with Crippen LogP contribution in [0.3, 0.4) is 0 Å². The third kappa shape index (κ3) is 2.96. The van der Waals surface area contributed by atoms with Gasteiger partial charge in [-0.1, -0.05) is 61.6 Å². The molecule has 1 aliphatic carbocycles. The highest BCUT2D eigenvalue weighted by Gasteiger charge is 2.73. The molecular formula is C20H23NO3S2. The van der Waals surface area contributed by atoms with Gasteiger partial charge in [0.05, 0.1) is 27.2 Å². The van der Waals surface area contributed by atoms with E-state index in [0.29, 0.717) is 0 Å². The van der Waals surface area contributed by atoms with Crippen molar-refractivity contribution in [1.82, 2.24) is 0 Å². The Labute approximate surface area is 160 Å². The lowest BCUT2D eigenvalue weighted by Gasteiger charge is -2.16. The highest BCUT2D eigenvalue weighted by atomic mass is 32.2. The Kier molecular flexibility index (Phi) is 5.19. The molecule has 0 aliphatic heterocycles. The first kappa shape index (κ1) is 19.0. The van der Waals surface area contributed by atoms with Crippen molar-refractivity contribution in [1.29, 1.82) is 0 Å². The van der Waals surface area contributed by atoms with Crippen molar-refractivity contribution in [2.75, 3.05) is 13.7 Å². The van der Waals surface area contributed by atoms with Crippen LogP contribution in [0.15, 0.2) is 59.5 Å². The van der Waals surface area contributed by atoms with Crippen molar-refractivity contribution < 1.29 is 13.2 Å². The summed E-state index contributed by atoms with van der Waals surface area (Å²) >= 11 is 5.31. The number of hydrogen-bond acceptors (Lipinski definition) is 4. The minimum absolute atomic E-state index is 0.180. The van der Waals surface area contributed by atoms with Crippen LogP contribution in [0.1, 0.15) is 24.0 Å². The van der Waals surface area contributed by atoms with Gasteiger partial charge in [-0.2, -0.15) is 0 Å². The molecule has 0 unspecified atom stereocenters. The predicted molar refractivity (Wildman–Crippen MR) is 107 cm³/mol. The molecule has 0 saturated heterocycles. The topological polar surface area (TPSA) is 69.4 Å².